The summed E-state index contributed by atoms with van der Waals surface area (Å²) in [7, 11) is 0. The number of rotatable bonds is 5. The van der Waals surface area contributed by atoms with Crippen molar-refractivity contribution in [3.05, 3.63) is 75.8 Å². The summed E-state index contributed by atoms with van der Waals surface area (Å²) in [6.45, 7) is 4.53. The molecule has 1 N–H and O–H groups in total. The monoisotopic (exact) mass is 422 g/mol. The molecule has 4 rings (SSSR count). The molecule has 1 unspecified atom stereocenters. The second kappa shape index (κ2) is 8.11. The second-order valence-electron chi connectivity index (χ2n) is 8.58. The van der Waals surface area contributed by atoms with E-state index in [0.717, 1.165) is 5.56 Å². The van der Waals surface area contributed by atoms with E-state index in [4.69, 9.17) is 0 Å². The van der Waals surface area contributed by atoms with Crippen LogP contribution in [-0.4, -0.2) is 44.3 Å². The van der Waals surface area contributed by atoms with Crippen LogP contribution < -0.4 is 5.32 Å². The highest BCUT2D eigenvalue weighted by Crippen LogP contribution is 2.40. The average Bonchev–Trinajstić information content (AvgIpc) is 2.90. The molecular formula is C23H26N4O4. The number of urea groups is 1. The Bertz CT molecular complexity index is 982. The minimum atomic E-state index is -0.891. The lowest BCUT2D eigenvalue weighted by atomic mass is 9.80. The van der Waals surface area contributed by atoms with E-state index in [2.05, 4.69) is 5.32 Å². The van der Waals surface area contributed by atoms with E-state index < -0.39 is 10.5 Å². The van der Waals surface area contributed by atoms with Crippen molar-refractivity contribution in [1.82, 2.24) is 15.1 Å². The summed E-state index contributed by atoms with van der Waals surface area (Å²) in [4.78, 5) is 40.7. The molecule has 0 aromatic heterocycles. The number of piperidine rings is 1. The molecule has 0 aliphatic carbocycles. The van der Waals surface area contributed by atoms with E-state index in [9.17, 15) is 19.7 Å². The molecule has 2 fully saturated rings. The smallest absolute Gasteiger partial charge is 0.312 e. The minimum Gasteiger partial charge on any atom is -0.312 e. The fourth-order valence-electron chi connectivity index (χ4n) is 4.91. The largest absolute Gasteiger partial charge is 0.328 e. The first-order valence-corrected chi connectivity index (χ1v) is 10.5. The Labute approximate surface area is 181 Å². The van der Waals surface area contributed by atoms with Crippen molar-refractivity contribution in [1.29, 1.82) is 0 Å². The summed E-state index contributed by atoms with van der Waals surface area (Å²) in [5.41, 5.74) is 0.738. The first-order valence-electron chi connectivity index (χ1n) is 10.5. The third-order valence-corrected chi connectivity index (χ3v) is 6.15. The SMILES string of the molecule is C[C@@H]1CC2(C[C@H](C)N1)C(=O)N(Cc1ccc([N+](=O)[O-])cc1)C(=O)N2Cc1ccccc1. The van der Waals surface area contributed by atoms with Crippen LogP contribution in [0.1, 0.15) is 37.8 Å². The van der Waals surface area contributed by atoms with Crippen LogP contribution in [0.25, 0.3) is 0 Å². The number of carbonyl (C=O) groups excluding carboxylic acids is 2. The van der Waals surface area contributed by atoms with Crippen LogP contribution in [0.3, 0.4) is 0 Å². The van der Waals surface area contributed by atoms with Gasteiger partial charge in [0.15, 0.2) is 0 Å². The Balaban J connectivity index is 1.66. The lowest BCUT2D eigenvalue weighted by Crippen LogP contribution is -2.60. The van der Waals surface area contributed by atoms with E-state index in [1.807, 2.05) is 44.2 Å². The lowest BCUT2D eigenvalue weighted by molar-refractivity contribution is -0.384. The number of carbonyl (C=O) groups is 2. The van der Waals surface area contributed by atoms with Gasteiger partial charge in [0.25, 0.3) is 11.6 Å². The van der Waals surface area contributed by atoms with Gasteiger partial charge in [0.1, 0.15) is 5.54 Å². The van der Waals surface area contributed by atoms with Gasteiger partial charge in [-0.05, 0) is 37.8 Å². The van der Waals surface area contributed by atoms with Crippen molar-refractivity contribution in [2.45, 2.75) is 57.4 Å². The predicted molar refractivity (Wildman–Crippen MR) is 115 cm³/mol. The number of imide groups is 1. The number of hydrogen-bond donors (Lipinski definition) is 1. The molecule has 8 nitrogen and oxygen atoms in total. The molecule has 2 saturated heterocycles. The second-order valence-corrected chi connectivity index (χ2v) is 8.58. The Kier molecular flexibility index (Phi) is 5.49. The standard InChI is InChI=1S/C23H26N4O4/c1-16-12-23(13-17(2)24-16)21(28)25(14-19-8-10-20(11-9-19)27(30)31)22(29)26(23)15-18-6-4-3-5-7-18/h3-11,16-17,24H,12-15H2,1-2H3/t16-,17+,23?. The zero-order valence-corrected chi connectivity index (χ0v) is 17.7. The van der Waals surface area contributed by atoms with Gasteiger partial charge in [0.2, 0.25) is 0 Å². The molecule has 0 radical (unpaired) electrons. The Morgan fingerprint density at radius 2 is 1.55 bits per heavy atom. The molecular weight excluding hydrogens is 396 g/mol. The number of amides is 3. The van der Waals surface area contributed by atoms with Crippen LogP contribution in [0.5, 0.6) is 0 Å². The molecule has 1 spiro atoms. The molecule has 162 valence electrons. The first kappa shape index (κ1) is 21.0. The lowest BCUT2D eigenvalue weighted by Gasteiger charge is -2.44. The summed E-state index contributed by atoms with van der Waals surface area (Å²) in [6.07, 6.45) is 1.09. The van der Waals surface area contributed by atoms with Gasteiger partial charge in [-0.25, -0.2) is 4.79 Å². The van der Waals surface area contributed by atoms with Gasteiger partial charge < -0.3 is 10.2 Å². The van der Waals surface area contributed by atoms with Crippen LogP contribution in [0, 0.1) is 10.1 Å². The van der Waals surface area contributed by atoms with E-state index in [-0.39, 0.29) is 36.3 Å². The highest BCUT2D eigenvalue weighted by molar-refractivity contribution is 6.07. The van der Waals surface area contributed by atoms with Crippen molar-refractivity contribution in [2.75, 3.05) is 0 Å². The molecule has 2 aromatic carbocycles. The highest BCUT2D eigenvalue weighted by atomic mass is 16.6. The summed E-state index contributed by atoms with van der Waals surface area (Å²) in [6, 6.07) is 15.5. The van der Waals surface area contributed by atoms with Crippen molar-refractivity contribution in [3.63, 3.8) is 0 Å². The summed E-state index contributed by atoms with van der Waals surface area (Å²) in [5.74, 6) is -0.188. The summed E-state index contributed by atoms with van der Waals surface area (Å²) >= 11 is 0. The van der Waals surface area contributed by atoms with Crippen molar-refractivity contribution in [3.8, 4) is 0 Å². The van der Waals surface area contributed by atoms with E-state index in [1.54, 1.807) is 17.0 Å². The number of nitrogens with zero attached hydrogens (tertiary/aromatic N) is 3. The molecule has 2 aliphatic rings. The van der Waals surface area contributed by atoms with Crippen molar-refractivity contribution >= 4 is 17.6 Å². The van der Waals surface area contributed by atoms with Gasteiger partial charge in [-0.1, -0.05) is 42.5 Å². The maximum absolute atomic E-state index is 13.7. The molecule has 2 aliphatic heterocycles. The Morgan fingerprint density at radius 3 is 2.13 bits per heavy atom. The summed E-state index contributed by atoms with van der Waals surface area (Å²) in [5, 5.41) is 14.4. The zero-order chi connectivity index (χ0) is 22.2. The molecule has 2 heterocycles. The number of benzene rings is 2. The number of nitrogens with one attached hydrogen (secondary N) is 1. The number of hydrogen-bond acceptors (Lipinski definition) is 5. The maximum Gasteiger partial charge on any atom is 0.328 e. The normalized spacial score (nSPS) is 26.0. The van der Waals surface area contributed by atoms with E-state index >= 15 is 0 Å². The topological polar surface area (TPSA) is 95.8 Å². The van der Waals surface area contributed by atoms with Crippen LogP contribution in [0.2, 0.25) is 0 Å². The van der Waals surface area contributed by atoms with Crippen LogP contribution in [0.4, 0.5) is 10.5 Å². The molecule has 0 saturated carbocycles. The van der Waals surface area contributed by atoms with Crippen LogP contribution in [-0.2, 0) is 17.9 Å². The first-order chi connectivity index (χ1) is 14.8. The number of nitro groups is 1. The third kappa shape index (κ3) is 3.90. The molecule has 31 heavy (non-hydrogen) atoms. The number of nitro benzene ring substituents is 1. The molecule has 8 heteroatoms. The summed E-state index contributed by atoms with van der Waals surface area (Å²) < 4.78 is 0. The van der Waals surface area contributed by atoms with Gasteiger partial charge in [0, 0.05) is 30.8 Å². The predicted octanol–water partition coefficient (Wildman–Crippen LogP) is 3.46. The average molecular weight is 422 g/mol. The Morgan fingerprint density at radius 1 is 0.968 bits per heavy atom. The van der Waals surface area contributed by atoms with Crippen molar-refractivity contribution < 1.29 is 14.5 Å². The zero-order valence-electron chi connectivity index (χ0n) is 17.7. The van der Waals surface area contributed by atoms with E-state index in [0.29, 0.717) is 24.9 Å². The minimum absolute atomic E-state index is 0.0222. The quantitative estimate of drug-likeness (QED) is 0.452. The van der Waals surface area contributed by atoms with E-state index in [1.165, 1.54) is 17.0 Å². The van der Waals surface area contributed by atoms with Gasteiger partial charge in [0.05, 0.1) is 11.5 Å². The fourth-order valence-corrected chi connectivity index (χ4v) is 4.91. The Hall–Kier alpha value is -3.26. The molecule has 3 amide bonds. The third-order valence-electron chi connectivity index (χ3n) is 6.15. The maximum atomic E-state index is 13.7. The van der Waals surface area contributed by atoms with Crippen LogP contribution in [0.15, 0.2) is 54.6 Å². The van der Waals surface area contributed by atoms with Crippen molar-refractivity contribution in [2.24, 2.45) is 0 Å². The molecule has 3 atom stereocenters. The van der Waals surface area contributed by atoms with Crippen LogP contribution >= 0.6 is 0 Å². The molecule has 2 aromatic rings. The van der Waals surface area contributed by atoms with Gasteiger partial charge in [-0.15, -0.1) is 0 Å². The van der Waals surface area contributed by atoms with Gasteiger partial charge in [-0.2, -0.15) is 0 Å². The fraction of sp³-hybridized carbons (Fsp3) is 0.391. The highest BCUT2D eigenvalue weighted by Gasteiger charge is 2.59. The van der Waals surface area contributed by atoms with Gasteiger partial charge in [-0.3, -0.25) is 19.8 Å². The van der Waals surface area contributed by atoms with Gasteiger partial charge >= 0.3 is 6.03 Å². The molecule has 0 bridgehead atoms. The number of non-ortho nitro benzene ring substituents is 1.